The lowest BCUT2D eigenvalue weighted by atomic mass is 10.1. The maximum Gasteiger partial charge on any atom is 0.222 e. The molecule has 0 atom stereocenters. The lowest BCUT2D eigenvalue weighted by molar-refractivity contribution is -0.130. The fraction of sp³-hybridized carbons (Fsp3) is 0.235. The van der Waals surface area contributed by atoms with Crippen LogP contribution < -0.4 is 5.73 Å². The van der Waals surface area contributed by atoms with Gasteiger partial charge in [-0.1, -0.05) is 30.3 Å². The van der Waals surface area contributed by atoms with Gasteiger partial charge in [-0.05, 0) is 35.7 Å². The van der Waals surface area contributed by atoms with Crippen molar-refractivity contribution < 1.29 is 9.18 Å². The molecule has 2 aromatic rings. The van der Waals surface area contributed by atoms with E-state index in [2.05, 4.69) is 0 Å². The minimum atomic E-state index is -0.271. The average molecular weight is 286 g/mol. The fourth-order valence-electron chi connectivity index (χ4n) is 2.15. The van der Waals surface area contributed by atoms with Crippen LogP contribution in [0, 0.1) is 5.82 Å². The molecule has 2 N–H and O–H groups in total. The van der Waals surface area contributed by atoms with E-state index in [0.29, 0.717) is 25.1 Å². The molecule has 3 nitrogen and oxygen atoms in total. The fourth-order valence-corrected chi connectivity index (χ4v) is 2.15. The molecular formula is C17H19FN2O. The summed E-state index contributed by atoms with van der Waals surface area (Å²) in [5, 5.41) is 0. The van der Waals surface area contributed by atoms with Crippen LogP contribution in [0.3, 0.4) is 0 Å². The van der Waals surface area contributed by atoms with E-state index in [-0.39, 0.29) is 11.7 Å². The second-order valence-corrected chi connectivity index (χ2v) is 5.08. The van der Waals surface area contributed by atoms with Gasteiger partial charge in [0.25, 0.3) is 0 Å². The lowest BCUT2D eigenvalue weighted by Crippen LogP contribution is -2.26. The van der Waals surface area contributed by atoms with Gasteiger partial charge in [-0.2, -0.15) is 0 Å². The summed E-state index contributed by atoms with van der Waals surface area (Å²) in [5.41, 5.74) is 8.47. The predicted molar refractivity (Wildman–Crippen MR) is 82.0 cm³/mol. The number of benzene rings is 2. The summed E-state index contributed by atoms with van der Waals surface area (Å²) in [7, 11) is 1.75. The third kappa shape index (κ3) is 4.31. The van der Waals surface area contributed by atoms with E-state index in [9.17, 15) is 9.18 Å². The first-order chi connectivity index (χ1) is 10.1. The van der Waals surface area contributed by atoms with Crippen LogP contribution in [0.15, 0.2) is 48.5 Å². The molecule has 0 aromatic heterocycles. The molecule has 0 fully saturated rings. The highest BCUT2D eigenvalue weighted by Crippen LogP contribution is 2.14. The third-order valence-corrected chi connectivity index (χ3v) is 3.42. The Balaban J connectivity index is 1.88. The van der Waals surface area contributed by atoms with Crippen LogP contribution in [0.25, 0.3) is 0 Å². The van der Waals surface area contributed by atoms with E-state index in [1.807, 2.05) is 24.3 Å². The highest BCUT2D eigenvalue weighted by atomic mass is 19.1. The number of nitrogens with zero attached hydrogens (tertiary/aromatic N) is 1. The molecule has 0 aliphatic heterocycles. The average Bonchev–Trinajstić information content (AvgIpc) is 2.48. The zero-order valence-electron chi connectivity index (χ0n) is 12.1. The van der Waals surface area contributed by atoms with Crippen molar-refractivity contribution in [2.75, 3.05) is 12.8 Å². The molecule has 2 rings (SSSR count). The summed E-state index contributed by atoms with van der Waals surface area (Å²) < 4.78 is 12.8. The van der Waals surface area contributed by atoms with Gasteiger partial charge < -0.3 is 10.6 Å². The normalized spacial score (nSPS) is 10.4. The Morgan fingerprint density at radius 2 is 1.81 bits per heavy atom. The Kier molecular flexibility index (Phi) is 4.93. The van der Waals surface area contributed by atoms with E-state index >= 15 is 0 Å². The topological polar surface area (TPSA) is 46.3 Å². The van der Waals surface area contributed by atoms with Gasteiger partial charge in [-0.3, -0.25) is 4.79 Å². The maximum atomic E-state index is 12.8. The van der Waals surface area contributed by atoms with Gasteiger partial charge in [-0.25, -0.2) is 4.39 Å². The molecule has 0 aliphatic rings. The molecule has 4 heteroatoms. The SMILES string of the molecule is CN(Cc1ccc(F)cc1)C(=O)CCc1ccccc1N. The van der Waals surface area contributed by atoms with Gasteiger partial charge in [0, 0.05) is 25.7 Å². The molecule has 1 amide bonds. The van der Waals surface area contributed by atoms with Crippen LogP contribution in [0.2, 0.25) is 0 Å². The highest BCUT2D eigenvalue weighted by molar-refractivity contribution is 5.76. The number of hydrogen-bond acceptors (Lipinski definition) is 2. The van der Waals surface area contributed by atoms with Crippen LogP contribution in [0.4, 0.5) is 10.1 Å². The van der Waals surface area contributed by atoms with E-state index in [0.717, 1.165) is 11.1 Å². The Labute approximate surface area is 124 Å². The number of para-hydroxylation sites is 1. The van der Waals surface area contributed by atoms with Gasteiger partial charge >= 0.3 is 0 Å². The number of nitrogens with two attached hydrogens (primary N) is 1. The Morgan fingerprint density at radius 1 is 1.14 bits per heavy atom. The largest absolute Gasteiger partial charge is 0.399 e. The number of carbonyl (C=O) groups is 1. The molecule has 0 radical (unpaired) electrons. The first-order valence-corrected chi connectivity index (χ1v) is 6.88. The molecule has 0 saturated carbocycles. The number of nitrogen functional groups attached to an aromatic ring is 1. The number of anilines is 1. The summed E-state index contributed by atoms with van der Waals surface area (Å²) in [5.74, 6) is -0.227. The number of halogens is 1. The molecule has 0 aliphatic carbocycles. The highest BCUT2D eigenvalue weighted by Gasteiger charge is 2.10. The number of aryl methyl sites for hydroxylation is 1. The number of hydrogen-bond donors (Lipinski definition) is 1. The van der Waals surface area contributed by atoms with E-state index in [1.54, 1.807) is 24.1 Å². The molecule has 0 unspecified atom stereocenters. The van der Waals surface area contributed by atoms with Crippen LogP contribution >= 0.6 is 0 Å². The summed E-state index contributed by atoms with van der Waals surface area (Å²) in [6.07, 6.45) is 1.03. The summed E-state index contributed by atoms with van der Waals surface area (Å²) in [6, 6.07) is 13.7. The summed E-state index contributed by atoms with van der Waals surface area (Å²) in [4.78, 5) is 13.8. The van der Waals surface area contributed by atoms with Gasteiger partial charge in [0.15, 0.2) is 0 Å². The first kappa shape index (κ1) is 15.0. The lowest BCUT2D eigenvalue weighted by Gasteiger charge is -2.17. The molecule has 110 valence electrons. The van der Waals surface area contributed by atoms with Crippen molar-refractivity contribution in [1.29, 1.82) is 0 Å². The molecule has 0 saturated heterocycles. The zero-order valence-corrected chi connectivity index (χ0v) is 12.1. The molecular weight excluding hydrogens is 267 g/mol. The van der Waals surface area contributed by atoms with Crippen molar-refractivity contribution in [3.8, 4) is 0 Å². The Bertz CT molecular complexity index is 610. The van der Waals surface area contributed by atoms with Gasteiger partial charge in [0.05, 0.1) is 0 Å². The van der Waals surface area contributed by atoms with E-state index < -0.39 is 0 Å². The second-order valence-electron chi connectivity index (χ2n) is 5.08. The molecule has 2 aromatic carbocycles. The van der Waals surface area contributed by atoms with E-state index in [4.69, 9.17) is 5.73 Å². The van der Waals surface area contributed by atoms with Crippen molar-refractivity contribution >= 4 is 11.6 Å². The van der Waals surface area contributed by atoms with Crippen LogP contribution in [-0.2, 0) is 17.8 Å². The number of rotatable bonds is 5. The summed E-state index contributed by atoms with van der Waals surface area (Å²) >= 11 is 0. The van der Waals surface area contributed by atoms with Crippen molar-refractivity contribution in [2.24, 2.45) is 0 Å². The minimum absolute atomic E-state index is 0.0441. The van der Waals surface area contributed by atoms with Crippen LogP contribution in [-0.4, -0.2) is 17.9 Å². The van der Waals surface area contributed by atoms with Crippen molar-refractivity contribution in [3.05, 3.63) is 65.5 Å². The van der Waals surface area contributed by atoms with Gasteiger partial charge in [0.2, 0.25) is 5.91 Å². The van der Waals surface area contributed by atoms with Crippen molar-refractivity contribution in [3.63, 3.8) is 0 Å². The minimum Gasteiger partial charge on any atom is -0.399 e. The van der Waals surface area contributed by atoms with Gasteiger partial charge in [-0.15, -0.1) is 0 Å². The molecule has 0 spiro atoms. The van der Waals surface area contributed by atoms with Crippen LogP contribution in [0.5, 0.6) is 0 Å². The third-order valence-electron chi connectivity index (χ3n) is 3.42. The zero-order chi connectivity index (χ0) is 15.2. The number of amides is 1. The number of carbonyl (C=O) groups excluding carboxylic acids is 1. The first-order valence-electron chi connectivity index (χ1n) is 6.88. The molecule has 21 heavy (non-hydrogen) atoms. The Hall–Kier alpha value is -2.36. The standard InChI is InChI=1S/C17H19FN2O/c1-20(12-13-6-9-15(18)10-7-13)17(21)11-8-14-4-2-3-5-16(14)19/h2-7,9-10H,8,11-12,19H2,1H3. The van der Waals surface area contributed by atoms with Crippen molar-refractivity contribution in [1.82, 2.24) is 4.90 Å². The van der Waals surface area contributed by atoms with Crippen molar-refractivity contribution in [2.45, 2.75) is 19.4 Å². The maximum absolute atomic E-state index is 12.8. The summed E-state index contributed by atoms with van der Waals surface area (Å²) in [6.45, 7) is 0.476. The molecule has 0 bridgehead atoms. The second kappa shape index (κ2) is 6.88. The Morgan fingerprint density at radius 3 is 2.48 bits per heavy atom. The monoisotopic (exact) mass is 286 g/mol. The van der Waals surface area contributed by atoms with Gasteiger partial charge in [0.1, 0.15) is 5.82 Å². The predicted octanol–water partition coefficient (Wildman–Crippen LogP) is 3.00. The molecule has 0 heterocycles. The smallest absolute Gasteiger partial charge is 0.222 e. The quantitative estimate of drug-likeness (QED) is 0.859. The van der Waals surface area contributed by atoms with Crippen LogP contribution in [0.1, 0.15) is 17.5 Å². The van der Waals surface area contributed by atoms with E-state index in [1.165, 1.54) is 12.1 Å².